The van der Waals surface area contributed by atoms with Gasteiger partial charge in [-0.1, -0.05) is 52.9 Å². The van der Waals surface area contributed by atoms with Crippen LogP contribution in [0.3, 0.4) is 0 Å². The Labute approximate surface area is 120 Å². The van der Waals surface area contributed by atoms with Gasteiger partial charge in [0.25, 0.3) is 0 Å². The van der Waals surface area contributed by atoms with Crippen molar-refractivity contribution in [2.24, 2.45) is 11.8 Å². The second-order valence-electron chi connectivity index (χ2n) is 6.55. The van der Waals surface area contributed by atoms with Crippen molar-refractivity contribution in [1.82, 2.24) is 0 Å². The van der Waals surface area contributed by atoms with E-state index >= 15 is 0 Å². The second-order valence-corrected chi connectivity index (χ2v) is 6.55. The topological polar surface area (TPSA) is 29.5 Å². The lowest BCUT2D eigenvalue weighted by Crippen LogP contribution is -2.21. The Morgan fingerprint density at radius 2 is 1.63 bits per heavy atom. The Bertz CT molecular complexity index is 182. The lowest BCUT2D eigenvalue weighted by Gasteiger charge is -2.23. The lowest BCUT2D eigenvalue weighted by molar-refractivity contribution is 0.0793. The van der Waals surface area contributed by atoms with Crippen molar-refractivity contribution >= 4 is 0 Å². The maximum atomic E-state index is 9.18. The van der Waals surface area contributed by atoms with Crippen molar-refractivity contribution in [2.75, 3.05) is 7.11 Å². The molecule has 1 aliphatic rings. The van der Waals surface area contributed by atoms with Crippen LogP contribution in [0.2, 0.25) is 0 Å². The summed E-state index contributed by atoms with van der Waals surface area (Å²) in [5.74, 6) is 1.41. The van der Waals surface area contributed by atoms with Gasteiger partial charge < -0.3 is 9.84 Å². The average molecular weight is 272 g/mol. The van der Waals surface area contributed by atoms with Crippen LogP contribution in [0.4, 0.5) is 0 Å². The number of methoxy groups -OCH3 is 1. The number of unbranched alkanes of at least 4 members (excludes halogenated alkanes) is 1. The summed E-state index contributed by atoms with van der Waals surface area (Å²) in [6.07, 6.45) is 10.5. The molecule has 1 rings (SSSR count). The van der Waals surface area contributed by atoms with E-state index in [0.29, 0.717) is 12.0 Å². The van der Waals surface area contributed by atoms with Crippen LogP contribution in [0.5, 0.6) is 0 Å². The minimum atomic E-state index is 0.00347. The number of aliphatic hydroxyl groups is 1. The van der Waals surface area contributed by atoms with Crippen LogP contribution < -0.4 is 0 Å². The zero-order valence-corrected chi connectivity index (χ0v) is 13.8. The first kappa shape index (κ1) is 18.9. The third kappa shape index (κ3) is 11.4. The molecule has 1 saturated carbocycles. The highest BCUT2D eigenvalue weighted by Gasteiger charge is 2.17. The first-order valence-corrected chi connectivity index (χ1v) is 8.18. The number of aliphatic hydroxyl groups excluding tert-OH is 1. The van der Waals surface area contributed by atoms with Crippen molar-refractivity contribution in [3.8, 4) is 0 Å². The van der Waals surface area contributed by atoms with Gasteiger partial charge in [-0.2, -0.15) is 0 Å². The maximum Gasteiger partial charge on any atom is 0.0565 e. The van der Waals surface area contributed by atoms with Crippen LogP contribution in [0.1, 0.15) is 79.1 Å². The normalized spacial score (nSPS) is 24.8. The van der Waals surface area contributed by atoms with E-state index in [9.17, 15) is 5.11 Å². The van der Waals surface area contributed by atoms with Crippen LogP contribution >= 0.6 is 0 Å². The molecular formula is C17H36O2. The van der Waals surface area contributed by atoms with Gasteiger partial charge in [0.05, 0.1) is 12.2 Å². The van der Waals surface area contributed by atoms with Crippen LogP contribution in [0.15, 0.2) is 0 Å². The molecule has 0 radical (unpaired) electrons. The smallest absolute Gasteiger partial charge is 0.0565 e. The molecule has 1 N–H and O–H groups in total. The fourth-order valence-electron chi connectivity index (χ4n) is 2.40. The first-order valence-electron chi connectivity index (χ1n) is 8.18. The van der Waals surface area contributed by atoms with Gasteiger partial charge in [0.2, 0.25) is 0 Å². The number of rotatable bonds is 6. The fraction of sp³-hybridized carbons (Fsp3) is 1.00. The molecule has 1 aliphatic carbocycles. The Morgan fingerprint density at radius 1 is 1.05 bits per heavy atom. The van der Waals surface area contributed by atoms with Gasteiger partial charge in [0.1, 0.15) is 0 Å². The van der Waals surface area contributed by atoms with Crippen LogP contribution in [0.25, 0.3) is 0 Å². The van der Waals surface area contributed by atoms with E-state index in [1.807, 2.05) is 0 Å². The van der Waals surface area contributed by atoms with E-state index < -0.39 is 0 Å². The highest BCUT2D eigenvalue weighted by molar-refractivity contribution is 4.69. The van der Waals surface area contributed by atoms with Crippen molar-refractivity contribution in [3.05, 3.63) is 0 Å². The molecule has 0 aromatic rings. The summed E-state index contributed by atoms with van der Waals surface area (Å²) in [5, 5.41) is 9.18. The largest absolute Gasteiger partial charge is 0.393 e. The first-order chi connectivity index (χ1) is 8.97. The van der Waals surface area contributed by atoms with Gasteiger partial charge in [-0.05, 0) is 38.0 Å². The third-order valence-corrected chi connectivity index (χ3v) is 4.11. The molecule has 0 aromatic carbocycles. The molecule has 3 unspecified atom stereocenters. The van der Waals surface area contributed by atoms with Gasteiger partial charge in [-0.15, -0.1) is 0 Å². The van der Waals surface area contributed by atoms with E-state index in [1.165, 1.54) is 44.9 Å². The van der Waals surface area contributed by atoms with Crippen molar-refractivity contribution < 1.29 is 9.84 Å². The molecule has 0 heterocycles. The minimum absolute atomic E-state index is 0.00347. The lowest BCUT2D eigenvalue weighted by atomic mass is 9.88. The molecule has 1 fully saturated rings. The molecule has 0 aliphatic heterocycles. The molecule has 0 spiro atoms. The Kier molecular flexibility index (Phi) is 11.7. The van der Waals surface area contributed by atoms with Gasteiger partial charge in [-0.3, -0.25) is 0 Å². The van der Waals surface area contributed by atoms with Gasteiger partial charge in [0.15, 0.2) is 0 Å². The molecule has 19 heavy (non-hydrogen) atoms. The summed E-state index contributed by atoms with van der Waals surface area (Å²) in [5.41, 5.74) is 0. The minimum Gasteiger partial charge on any atom is -0.393 e. The summed E-state index contributed by atoms with van der Waals surface area (Å²) < 4.78 is 5.16. The molecule has 3 atom stereocenters. The van der Waals surface area contributed by atoms with E-state index in [4.69, 9.17) is 4.74 Å². The van der Waals surface area contributed by atoms with Crippen LogP contribution in [-0.4, -0.2) is 24.4 Å². The van der Waals surface area contributed by atoms with Crippen molar-refractivity contribution in [3.63, 3.8) is 0 Å². The van der Waals surface area contributed by atoms with E-state index in [2.05, 4.69) is 27.7 Å². The van der Waals surface area contributed by atoms with E-state index in [0.717, 1.165) is 12.3 Å². The number of hydrogen-bond donors (Lipinski definition) is 1. The van der Waals surface area contributed by atoms with Crippen molar-refractivity contribution in [1.29, 1.82) is 0 Å². The third-order valence-electron chi connectivity index (χ3n) is 4.11. The number of hydrogen-bond acceptors (Lipinski definition) is 2. The zero-order chi connectivity index (χ0) is 14.7. The molecule has 2 heteroatoms. The predicted octanol–water partition coefficient (Wildman–Crippen LogP) is 4.80. The maximum absolute atomic E-state index is 9.18. The average Bonchev–Trinajstić information content (AvgIpc) is 2.38. The quantitative estimate of drug-likeness (QED) is 0.704. The Hall–Kier alpha value is -0.0800. The molecule has 0 saturated heterocycles. The Balaban J connectivity index is 0.000000356. The summed E-state index contributed by atoms with van der Waals surface area (Å²) in [4.78, 5) is 0. The molecule has 0 bridgehead atoms. The monoisotopic (exact) mass is 272 g/mol. The fourth-order valence-corrected chi connectivity index (χ4v) is 2.40. The van der Waals surface area contributed by atoms with E-state index in [1.54, 1.807) is 7.11 Å². The van der Waals surface area contributed by atoms with Crippen LogP contribution in [-0.2, 0) is 4.74 Å². The second kappa shape index (κ2) is 11.7. The summed E-state index contributed by atoms with van der Waals surface area (Å²) >= 11 is 0. The van der Waals surface area contributed by atoms with Crippen molar-refractivity contribution in [2.45, 2.75) is 91.3 Å². The summed E-state index contributed by atoms with van der Waals surface area (Å²) in [6, 6.07) is 0. The van der Waals surface area contributed by atoms with Crippen LogP contribution in [0, 0.1) is 11.8 Å². The standard InChI is InChI=1S/C10H22O.C7H14O/c1-9(2)7-5-6-8-10(3)11-4;1-6-4-2-3-5-7(6)8/h9-10H,5-8H2,1-4H3;6-8H,2-5H2,1H3. The Morgan fingerprint density at radius 3 is 2.05 bits per heavy atom. The predicted molar refractivity (Wildman–Crippen MR) is 83.4 cm³/mol. The SMILES string of the molecule is CC1CCCCC1O.COC(C)CCCCC(C)C. The summed E-state index contributed by atoms with van der Waals surface area (Å²) in [7, 11) is 1.78. The van der Waals surface area contributed by atoms with Gasteiger partial charge >= 0.3 is 0 Å². The summed E-state index contributed by atoms with van der Waals surface area (Å²) in [6.45, 7) is 8.82. The zero-order valence-electron chi connectivity index (χ0n) is 13.8. The highest BCUT2D eigenvalue weighted by atomic mass is 16.5. The van der Waals surface area contributed by atoms with E-state index in [-0.39, 0.29) is 6.10 Å². The molecule has 2 nitrogen and oxygen atoms in total. The molecule has 116 valence electrons. The van der Waals surface area contributed by atoms with Gasteiger partial charge in [-0.25, -0.2) is 0 Å². The highest BCUT2D eigenvalue weighted by Crippen LogP contribution is 2.22. The molecule has 0 aromatic heterocycles. The molecular weight excluding hydrogens is 236 g/mol. The number of ether oxygens (including phenoxy) is 1. The van der Waals surface area contributed by atoms with Gasteiger partial charge in [0, 0.05) is 7.11 Å². The molecule has 0 amide bonds.